The van der Waals surface area contributed by atoms with Crippen molar-refractivity contribution in [3.8, 4) is 0 Å². The molecule has 5 heavy (non-hydrogen) atoms. The van der Waals surface area contributed by atoms with Crippen molar-refractivity contribution >= 4 is 38.5 Å². The molecule has 0 heterocycles. The molecule has 0 saturated heterocycles. The van der Waals surface area contributed by atoms with Crippen molar-refractivity contribution in [1.82, 2.24) is 0 Å². The summed E-state index contributed by atoms with van der Waals surface area (Å²) in [6, 6.07) is 0. The van der Waals surface area contributed by atoms with Gasteiger partial charge in [-0.25, -0.2) is 0 Å². The van der Waals surface area contributed by atoms with Crippen LogP contribution in [0.15, 0.2) is 0 Å². The van der Waals surface area contributed by atoms with E-state index in [0.717, 1.165) is 5.33 Å². The summed E-state index contributed by atoms with van der Waals surface area (Å²) in [6.45, 7) is 0. The van der Waals surface area contributed by atoms with E-state index in [9.17, 15) is 0 Å². The first kappa shape index (κ1) is 6.21. The van der Waals surface area contributed by atoms with E-state index in [4.69, 9.17) is 0 Å². The molecule has 0 N–H and O–H groups in total. The highest BCUT2D eigenvalue weighted by atomic mass is 127. The topological polar surface area (TPSA) is 0 Å². The van der Waals surface area contributed by atoms with Crippen molar-refractivity contribution in [2.24, 2.45) is 0 Å². The zero-order chi connectivity index (χ0) is 4.12. The fourth-order valence-corrected chi connectivity index (χ4v) is 1.44. The van der Waals surface area contributed by atoms with E-state index in [1.807, 2.05) is 0 Å². The molecule has 0 rings (SSSR count). The molecule has 0 aromatic heterocycles. The molecule has 0 aliphatic carbocycles. The van der Waals surface area contributed by atoms with Gasteiger partial charge in [-0.15, -0.1) is 0 Å². The molecular formula is C3H5BrI. The molecule has 0 aromatic rings. The molecule has 0 unspecified atom stereocenters. The monoisotopic (exact) mass is 247 g/mol. The van der Waals surface area contributed by atoms with Crippen molar-refractivity contribution in [2.45, 2.75) is 6.42 Å². The summed E-state index contributed by atoms with van der Waals surface area (Å²) in [6.07, 6.45) is 1.17. The van der Waals surface area contributed by atoms with Crippen LogP contribution in [0, 0.1) is 4.43 Å². The van der Waals surface area contributed by atoms with E-state index in [2.05, 4.69) is 42.9 Å². The zero-order valence-corrected chi connectivity index (χ0v) is 6.49. The van der Waals surface area contributed by atoms with Crippen LogP contribution in [-0.4, -0.2) is 5.33 Å². The SMILES string of the molecule is BrCC[CH]I. The van der Waals surface area contributed by atoms with Crippen LogP contribution in [-0.2, 0) is 0 Å². The zero-order valence-electron chi connectivity index (χ0n) is 2.75. The number of rotatable bonds is 2. The van der Waals surface area contributed by atoms with Crippen LogP contribution in [0.4, 0.5) is 0 Å². The van der Waals surface area contributed by atoms with Crippen molar-refractivity contribution in [2.75, 3.05) is 5.33 Å². The van der Waals surface area contributed by atoms with Crippen molar-refractivity contribution in [3.05, 3.63) is 4.43 Å². The fraction of sp³-hybridized carbons (Fsp3) is 0.667. The predicted molar refractivity (Wildman–Crippen MR) is 36.7 cm³/mol. The Kier molecular flexibility index (Phi) is 6.47. The summed E-state index contributed by atoms with van der Waals surface area (Å²) in [5.41, 5.74) is 0. The molecule has 0 bridgehead atoms. The Morgan fingerprint density at radius 3 is 2.40 bits per heavy atom. The van der Waals surface area contributed by atoms with Crippen LogP contribution in [0.5, 0.6) is 0 Å². The Morgan fingerprint density at radius 2 is 2.40 bits per heavy atom. The minimum absolute atomic E-state index is 1.09. The molecular weight excluding hydrogens is 243 g/mol. The Bertz CT molecular complexity index is 14.4. The lowest BCUT2D eigenvalue weighted by molar-refractivity contribution is 1.25. The molecule has 0 fully saturated rings. The van der Waals surface area contributed by atoms with Crippen molar-refractivity contribution < 1.29 is 0 Å². The van der Waals surface area contributed by atoms with Gasteiger partial charge >= 0.3 is 0 Å². The lowest BCUT2D eigenvalue weighted by Crippen LogP contribution is -1.62. The smallest absolute Gasteiger partial charge is 0.0236 e. The summed E-state index contributed by atoms with van der Waals surface area (Å²) in [5.74, 6) is 0. The normalized spacial score (nSPS) is 8.40. The average molecular weight is 248 g/mol. The third-order valence-electron chi connectivity index (χ3n) is 0.218. The fourth-order valence-electron chi connectivity index (χ4n) is 0.0412. The molecule has 0 aliphatic heterocycles. The van der Waals surface area contributed by atoms with E-state index in [1.165, 1.54) is 6.42 Å². The maximum Gasteiger partial charge on any atom is 0.0236 e. The largest absolute Gasteiger partial charge is 0.0928 e. The Hall–Kier alpha value is 1.21. The Labute approximate surface area is 54.6 Å². The van der Waals surface area contributed by atoms with E-state index < -0.39 is 0 Å². The lowest BCUT2D eigenvalue weighted by atomic mass is 10.6. The molecule has 0 aliphatic rings. The summed E-state index contributed by atoms with van der Waals surface area (Å²) < 4.78 is 2.10. The maximum absolute atomic E-state index is 3.27. The minimum Gasteiger partial charge on any atom is -0.0928 e. The summed E-state index contributed by atoms with van der Waals surface area (Å²) in [7, 11) is 0. The third-order valence-corrected chi connectivity index (χ3v) is 1.30. The van der Waals surface area contributed by atoms with E-state index in [0.29, 0.717) is 0 Å². The number of halogens is 2. The predicted octanol–water partition coefficient (Wildman–Crippen LogP) is 2.37. The van der Waals surface area contributed by atoms with Gasteiger partial charge in [0.05, 0.1) is 0 Å². The van der Waals surface area contributed by atoms with Gasteiger partial charge < -0.3 is 0 Å². The molecule has 0 nitrogen and oxygen atoms in total. The van der Waals surface area contributed by atoms with Gasteiger partial charge in [0.25, 0.3) is 0 Å². The first-order chi connectivity index (χ1) is 2.41. The van der Waals surface area contributed by atoms with Gasteiger partial charge in [0.1, 0.15) is 0 Å². The van der Waals surface area contributed by atoms with Crippen LogP contribution >= 0.6 is 38.5 Å². The molecule has 0 amide bonds. The highest BCUT2D eigenvalue weighted by Crippen LogP contribution is 1.97. The minimum atomic E-state index is 1.09. The molecule has 0 saturated carbocycles. The molecule has 31 valence electrons. The standard InChI is InChI=1S/C3H5BrI/c4-2-1-3-5/h3H,1-2H2. The maximum atomic E-state index is 3.27. The van der Waals surface area contributed by atoms with Crippen LogP contribution in [0.1, 0.15) is 6.42 Å². The quantitative estimate of drug-likeness (QED) is 0.519. The summed E-state index contributed by atoms with van der Waals surface area (Å²) >= 11 is 5.51. The molecule has 0 aromatic carbocycles. The number of alkyl halides is 1. The van der Waals surface area contributed by atoms with Gasteiger partial charge in [0, 0.05) is 9.76 Å². The van der Waals surface area contributed by atoms with E-state index >= 15 is 0 Å². The third kappa shape index (κ3) is 5.21. The Balaban J connectivity index is 2.19. The number of hydrogen-bond donors (Lipinski definition) is 0. The van der Waals surface area contributed by atoms with Gasteiger partial charge in [-0.3, -0.25) is 0 Å². The van der Waals surface area contributed by atoms with Crippen molar-refractivity contribution in [1.29, 1.82) is 0 Å². The second-order valence-electron chi connectivity index (χ2n) is 0.632. The second kappa shape index (κ2) is 5.21. The van der Waals surface area contributed by atoms with Gasteiger partial charge in [0.2, 0.25) is 0 Å². The second-order valence-corrected chi connectivity index (χ2v) is 2.31. The van der Waals surface area contributed by atoms with Gasteiger partial charge in [0.15, 0.2) is 0 Å². The molecule has 1 radical (unpaired) electrons. The molecule has 2 heteroatoms. The van der Waals surface area contributed by atoms with E-state index in [-0.39, 0.29) is 0 Å². The van der Waals surface area contributed by atoms with Crippen molar-refractivity contribution in [3.63, 3.8) is 0 Å². The lowest BCUT2D eigenvalue weighted by Gasteiger charge is -1.75. The highest BCUT2D eigenvalue weighted by molar-refractivity contribution is 14.1. The van der Waals surface area contributed by atoms with Crippen LogP contribution in [0.2, 0.25) is 0 Å². The summed E-state index contributed by atoms with van der Waals surface area (Å²) in [4.78, 5) is 0. The first-order valence-electron chi connectivity index (χ1n) is 1.39. The van der Waals surface area contributed by atoms with Crippen LogP contribution in [0.3, 0.4) is 0 Å². The van der Waals surface area contributed by atoms with Crippen LogP contribution < -0.4 is 0 Å². The summed E-state index contributed by atoms with van der Waals surface area (Å²) in [5, 5.41) is 1.09. The average Bonchev–Trinajstić information content (AvgIpc) is 1.41. The van der Waals surface area contributed by atoms with E-state index in [1.54, 1.807) is 0 Å². The molecule has 0 spiro atoms. The van der Waals surface area contributed by atoms with Gasteiger partial charge in [-0.05, 0) is 6.42 Å². The van der Waals surface area contributed by atoms with Gasteiger partial charge in [-0.1, -0.05) is 38.5 Å². The first-order valence-corrected chi connectivity index (χ1v) is 3.76. The molecule has 0 atom stereocenters. The number of hydrogen-bond acceptors (Lipinski definition) is 0. The van der Waals surface area contributed by atoms with Crippen LogP contribution in [0.25, 0.3) is 0 Å². The highest BCUT2D eigenvalue weighted by Gasteiger charge is 1.72. The Morgan fingerprint density at radius 1 is 1.80 bits per heavy atom. The van der Waals surface area contributed by atoms with Gasteiger partial charge in [-0.2, -0.15) is 0 Å².